The molecule has 9 heteroatoms. The van der Waals surface area contributed by atoms with Crippen molar-refractivity contribution in [3.05, 3.63) is 23.2 Å². The number of anilines is 2. The van der Waals surface area contributed by atoms with E-state index in [2.05, 4.69) is 21.3 Å². The number of ether oxygens (including phenoxy) is 2. The molecule has 0 spiro atoms. The SMILES string of the molecule is COCCCNC(=S)Nc1ccc(NC(=S)NCCCOC)c(Cl)c1. The van der Waals surface area contributed by atoms with Gasteiger partial charge in [-0.15, -0.1) is 0 Å². The normalized spacial score (nSPS) is 10.2. The third-order valence-corrected chi connectivity index (χ3v) is 3.90. The summed E-state index contributed by atoms with van der Waals surface area (Å²) < 4.78 is 9.98. The number of hydrogen-bond acceptors (Lipinski definition) is 4. The molecule has 0 amide bonds. The molecule has 0 bridgehead atoms. The minimum Gasteiger partial charge on any atom is -0.385 e. The molecule has 0 fully saturated rings. The van der Waals surface area contributed by atoms with Gasteiger partial charge in [0.1, 0.15) is 0 Å². The Kier molecular flexibility index (Phi) is 11.4. The molecule has 140 valence electrons. The van der Waals surface area contributed by atoms with Crippen LogP contribution in [0, 0.1) is 0 Å². The lowest BCUT2D eigenvalue weighted by Crippen LogP contribution is -2.30. The van der Waals surface area contributed by atoms with Crippen molar-refractivity contribution >= 4 is 57.6 Å². The van der Waals surface area contributed by atoms with E-state index in [0.29, 0.717) is 28.5 Å². The van der Waals surface area contributed by atoms with Crippen LogP contribution in [0.2, 0.25) is 5.02 Å². The summed E-state index contributed by atoms with van der Waals surface area (Å²) in [6.07, 6.45) is 1.76. The minimum atomic E-state index is 0.522. The van der Waals surface area contributed by atoms with Crippen LogP contribution in [0.5, 0.6) is 0 Å². The fourth-order valence-corrected chi connectivity index (χ4v) is 2.53. The van der Waals surface area contributed by atoms with Gasteiger partial charge in [-0.3, -0.25) is 0 Å². The maximum atomic E-state index is 6.30. The van der Waals surface area contributed by atoms with Gasteiger partial charge in [-0.1, -0.05) is 11.6 Å². The van der Waals surface area contributed by atoms with Crippen molar-refractivity contribution in [2.24, 2.45) is 0 Å². The van der Waals surface area contributed by atoms with Crippen molar-refractivity contribution in [2.75, 3.05) is 51.2 Å². The summed E-state index contributed by atoms with van der Waals surface area (Å²) >= 11 is 16.8. The van der Waals surface area contributed by atoms with Crippen molar-refractivity contribution in [2.45, 2.75) is 12.8 Å². The number of hydrogen-bond donors (Lipinski definition) is 4. The van der Waals surface area contributed by atoms with Gasteiger partial charge in [-0.2, -0.15) is 0 Å². The molecule has 6 nitrogen and oxygen atoms in total. The lowest BCUT2D eigenvalue weighted by Gasteiger charge is -2.14. The number of rotatable bonds is 10. The predicted molar refractivity (Wildman–Crippen MR) is 113 cm³/mol. The van der Waals surface area contributed by atoms with Crippen LogP contribution in [-0.2, 0) is 9.47 Å². The van der Waals surface area contributed by atoms with Gasteiger partial charge in [0.25, 0.3) is 0 Å². The first-order chi connectivity index (χ1) is 12.1. The Labute approximate surface area is 165 Å². The Morgan fingerprint density at radius 2 is 1.52 bits per heavy atom. The second-order valence-electron chi connectivity index (χ2n) is 5.15. The monoisotopic (exact) mass is 404 g/mol. The first-order valence-electron chi connectivity index (χ1n) is 7.94. The molecule has 1 rings (SSSR count). The maximum Gasteiger partial charge on any atom is 0.170 e. The van der Waals surface area contributed by atoms with E-state index < -0.39 is 0 Å². The van der Waals surface area contributed by atoms with Gasteiger partial charge in [0.15, 0.2) is 10.2 Å². The molecule has 0 saturated heterocycles. The fourth-order valence-electron chi connectivity index (χ4n) is 1.87. The van der Waals surface area contributed by atoms with Gasteiger partial charge >= 0.3 is 0 Å². The molecule has 0 unspecified atom stereocenters. The van der Waals surface area contributed by atoms with Gasteiger partial charge in [-0.25, -0.2) is 0 Å². The summed E-state index contributed by atoms with van der Waals surface area (Å²) in [5.74, 6) is 0. The zero-order valence-corrected chi connectivity index (χ0v) is 16.9. The van der Waals surface area contributed by atoms with Gasteiger partial charge in [0, 0.05) is 46.2 Å². The summed E-state index contributed by atoms with van der Waals surface area (Å²) in [6, 6.07) is 5.52. The maximum absolute atomic E-state index is 6.30. The molecule has 1 aromatic carbocycles. The Balaban J connectivity index is 2.42. The highest BCUT2D eigenvalue weighted by Gasteiger charge is 2.05. The van der Waals surface area contributed by atoms with Crippen LogP contribution in [0.3, 0.4) is 0 Å². The minimum absolute atomic E-state index is 0.522. The Morgan fingerprint density at radius 1 is 0.960 bits per heavy atom. The van der Waals surface area contributed by atoms with Crippen LogP contribution in [0.25, 0.3) is 0 Å². The first kappa shape index (κ1) is 21.9. The predicted octanol–water partition coefficient (Wildman–Crippen LogP) is 2.99. The number of benzene rings is 1. The van der Waals surface area contributed by atoms with Crippen molar-refractivity contribution in [1.29, 1.82) is 0 Å². The molecule has 1 aromatic rings. The van der Waals surface area contributed by atoms with Crippen LogP contribution in [0.4, 0.5) is 11.4 Å². The highest BCUT2D eigenvalue weighted by molar-refractivity contribution is 7.80. The van der Waals surface area contributed by atoms with E-state index >= 15 is 0 Å². The summed E-state index contributed by atoms with van der Waals surface area (Å²) in [4.78, 5) is 0. The van der Waals surface area contributed by atoms with Gasteiger partial charge < -0.3 is 30.7 Å². The molecule has 0 radical (unpaired) electrons. The fraction of sp³-hybridized carbons (Fsp3) is 0.500. The summed E-state index contributed by atoms with van der Waals surface area (Å²) in [6.45, 7) is 2.87. The zero-order chi connectivity index (χ0) is 18.5. The van der Waals surface area contributed by atoms with E-state index in [0.717, 1.165) is 37.3 Å². The Morgan fingerprint density at radius 3 is 2.04 bits per heavy atom. The molecule has 0 aliphatic carbocycles. The van der Waals surface area contributed by atoms with E-state index in [4.69, 9.17) is 45.5 Å². The van der Waals surface area contributed by atoms with Gasteiger partial charge in [0.2, 0.25) is 0 Å². The highest BCUT2D eigenvalue weighted by atomic mass is 35.5. The van der Waals surface area contributed by atoms with Gasteiger partial charge in [-0.05, 0) is 55.5 Å². The number of nitrogens with one attached hydrogen (secondary N) is 4. The highest BCUT2D eigenvalue weighted by Crippen LogP contribution is 2.25. The van der Waals surface area contributed by atoms with E-state index in [1.807, 2.05) is 12.1 Å². The van der Waals surface area contributed by atoms with E-state index in [9.17, 15) is 0 Å². The van der Waals surface area contributed by atoms with Crippen LogP contribution in [-0.4, -0.2) is 50.7 Å². The molecule has 0 aliphatic heterocycles. The Hall–Kier alpha value is -1.19. The van der Waals surface area contributed by atoms with Crippen LogP contribution in [0.1, 0.15) is 12.8 Å². The number of methoxy groups -OCH3 is 2. The topological polar surface area (TPSA) is 66.6 Å². The van der Waals surface area contributed by atoms with Crippen molar-refractivity contribution < 1.29 is 9.47 Å². The van der Waals surface area contributed by atoms with E-state index in [-0.39, 0.29) is 0 Å². The van der Waals surface area contributed by atoms with Gasteiger partial charge in [0.05, 0.1) is 10.7 Å². The molecular weight excluding hydrogens is 380 g/mol. The molecule has 0 heterocycles. The quantitative estimate of drug-likeness (QED) is 0.350. The molecule has 0 atom stereocenters. The summed E-state index contributed by atoms with van der Waals surface area (Å²) in [7, 11) is 3.35. The number of halogens is 1. The summed E-state index contributed by atoms with van der Waals surface area (Å²) in [5, 5.41) is 14.0. The van der Waals surface area contributed by atoms with Crippen molar-refractivity contribution in [1.82, 2.24) is 10.6 Å². The molecule has 25 heavy (non-hydrogen) atoms. The third kappa shape index (κ3) is 9.76. The molecule has 4 N–H and O–H groups in total. The van der Waals surface area contributed by atoms with Crippen LogP contribution >= 0.6 is 36.0 Å². The molecule has 0 aliphatic rings. The molecular formula is C16H25ClN4O2S2. The van der Waals surface area contributed by atoms with Crippen LogP contribution < -0.4 is 21.3 Å². The zero-order valence-electron chi connectivity index (χ0n) is 14.5. The van der Waals surface area contributed by atoms with E-state index in [1.165, 1.54) is 0 Å². The molecule has 0 saturated carbocycles. The average molecular weight is 405 g/mol. The second kappa shape index (κ2) is 13.1. The third-order valence-electron chi connectivity index (χ3n) is 3.10. The van der Waals surface area contributed by atoms with Crippen molar-refractivity contribution in [3.63, 3.8) is 0 Å². The lowest BCUT2D eigenvalue weighted by molar-refractivity contribution is 0.195. The van der Waals surface area contributed by atoms with Crippen LogP contribution in [0.15, 0.2) is 18.2 Å². The standard InChI is InChI=1S/C16H25ClN4O2S2/c1-22-9-3-7-18-15(24)20-12-5-6-14(13(17)11-12)21-16(25)19-8-4-10-23-2/h5-6,11H,3-4,7-10H2,1-2H3,(H2,18,20,24)(H2,19,21,25). The Bertz CT molecular complexity index is 561. The lowest BCUT2D eigenvalue weighted by atomic mass is 10.3. The smallest absolute Gasteiger partial charge is 0.170 e. The second-order valence-corrected chi connectivity index (χ2v) is 6.37. The average Bonchev–Trinajstić information content (AvgIpc) is 2.58. The largest absolute Gasteiger partial charge is 0.385 e. The summed E-state index contributed by atoms with van der Waals surface area (Å²) in [5.41, 5.74) is 1.54. The van der Waals surface area contributed by atoms with E-state index in [1.54, 1.807) is 20.3 Å². The molecule has 0 aromatic heterocycles. The number of thiocarbonyl (C=S) groups is 2. The van der Waals surface area contributed by atoms with Crippen molar-refractivity contribution in [3.8, 4) is 0 Å². The first-order valence-corrected chi connectivity index (χ1v) is 9.13.